The third kappa shape index (κ3) is 4.70. The van der Waals surface area contributed by atoms with Crippen molar-refractivity contribution in [3.05, 3.63) is 199 Å². The quantitative estimate of drug-likeness (QED) is 0.177. The molecule has 0 radical (unpaired) electrons. The van der Waals surface area contributed by atoms with Crippen molar-refractivity contribution in [3.63, 3.8) is 0 Å². The van der Waals surface area contributed by atoms with Gasteiger partial charge in [-0.05, 0) is 114 Å². The maximum Gasteiger partial charge on any atom is 0.0540 e. The van der Waals surface area contributed by atoms with Gasteiger partial charge in [-0.15, -0.1) is 0 Å². The predicted molar refractivity (Wildman–Crippen MR) is 222 cm³/mol. The lowest BCUT2D eigenvalue weighted by Gasteiger charge is -2.28. The molecule has 1 nitrogen and oxygen atoms in total. The molecule has 1 heteroatoms. The van der Waals surface area contributed by atoms with E-state index in [1.165, 1.54) is 76.8 Å². The normalized spacial score (nSPS) is 13.0. The van der Waals surface area contributed by atoms with Gasteiger partial charge in [0.05, 0.1) is 5.69 Å². The fourth-order valence-corrected chi connectivity index (χ4v) is 8.77. The Morgan fingerprint density at radius 3 is 1.87 bits per heavy atom. The van der Waals surface area contributed by atoms with Gasteiger partial charge in [-0.3, -0.25) is 0 Å². The van der Waals surface area contributed by atoms with Gasteiger partial charge in [0.1, 0.15) is 0 Å². The lowest BCUT2D eigenvalue weighted by molar-refractivity contribution is 0.666. The number of fused-ring (bicyclic) bond motifs is 7. The van der Waals surface area contributed by atoms with Gasteiger partial charge in [0.2, 0.25) is 0 Å². The zero-order valence-corrected chi connectivity index (χ0v) is 29.3. The van der Waals surface area contributed by atoms with Crippen molar-refractivity contribution in [3.8, 4) is 33.4 Å². The molecule has 1 aliphatic rings. The maximum atomic E-state index is 2.43. The first kappa shape index (κ1) is 30.4. The second-order valence-corrected chi connectivity index (χ2v) is 14.5. The largest absolute Gasteiger partial charge is 0.310 e. The summed E-state index contributed by atoms with van der Waals surface area (Å²) in [7, 11) is 0. The van der Waals surface area contributed by atoms with E-state index in [9.17, 15) is 0 Å². The molecule has 1 aliphatic carbocycles. The van der Waals surface area contributed by atoms with Crippen molar-refractivity contribution in [1.29, 1.82) is 0 Å². The zero-order chi connectivity index (χ0) is 34.8. The molecule has 0 saturated heterocycles. The Kier molecular flexibility index (Phi) is 6.91. The van der Waals surface area contributed by atoms with Crippen LogP contribution in [0.2, 0.25) is 0 Å². The van der Waals surface area contributed by atoms with Gasteiger partial charge in [0.15, 0.2) is 0 Å². The summed E-state index contributed by atoms with van der Waals surface area (Å²) in [5, 5.41) is 7.53. The molecule has 0 aliphatic heterocycles. The van der Waals surface area contributed by atoms with Crippen LogP contribution >= 0.6 is 0 Å². The Balaban J connectivity index is 1.19. The van der Waals surface area contributed by atoms with Crippen molar-refractivity contribution >= 4 is 49.4 Å². The summed E-state index contributed by atoms with van der Waals surface area (Å²) in [6.45, 7) is 4.78. The molecule has 0 N–H and O–H groups in total. The standard InChI is InChI=1S/C51H37N/c1-51(2)47-24-14-13-23-45(47)49-46(33-38-17-9-10-20-41(38)50(49)51)43-29-30-48(44-22-12-11-21-42(43)44)52(39-18-7-4-8-19-39)40-28-27-36-31-35(25-26-37(36)32-40)34-15-5-3-6-16-34/h3-33H,1-2H3. The van der Waals surface area contributed by atoms with E-state index in [-0.39, 0.29) is 5.41 Å². The molecule has 0 saturated carbocycles. The van der Waals surface area contributed by atoms with E-state index in [0.717, 1.165) is 17.1 Å². The van der Waals surface area contributed by atoms with Crippen LogP contribution in [0.1, 0.15) is 25.0 Å². The molecule has 0 amide bonds. The summed E-state index contributed by atoms with van der Waals surface area (Å²) >= 11 is 0. The molecular weight excluding hydrogens is 627 g/mol. The van der Waals surface area contributed by atoms with Crippen molar-refractivity contribution < 1.29 is 0 Å². The molecule has 0 atom stereocenters. The Morgan fingerprint density at radius 1 is 0.385 bits per heavy atom. The molecule has 246 valence electrons. The van der Waals surface area contributed by atoms with Crippen LogP contribution < -0.4 is 4.90 Å². The van der Waals surface area contributed by atoms with E-state index in [2.05, 4.69) is 207 Å². The minimum atomic E-state index is -0.112. The minimum absolute atomic E-state index is 0.112. The molecule has 9 aromatic rings. The fourth-order valence-electron chi connectivity index (χ4n) is 8.77. The highest BCUT2D eigenvalue weighted by molar-refractivity contribution is 6.12. The monoisotopic (exact) mass is 663 g/mol. The summed E-state index contributed by atoms with van der Waals surface area (Å²) in [5.74, 6) is 0. The van der Waals surface area contributed by atoms with E-state index < -0.39 is 0 Å². The predicted octanol–water partition coefficient (Wildman–Crippen LogP) is 14.3. The van der Waals surface area contributed by atoms with E-state index in [0.29, 0.717) is 0 Å². The molecule has 0 fully saturated rings. The first-order valence-electron chi connectivity index (χ1n) is 18.2. The van der Waals surface area contributed by atoms with Crippen LogP contribution in [0, 0.1) is 0 Å². The van der Waals surface area contributed by atoms with Gasteiger partial charge in [-0.25, -0.2) is 0 Å². The Morgan fingerprint density at radius 2 is 1.04 bits per heavy atom. The maximum absolute atomic E-state index is 2.43. The van der Waals surface area contributed by atoms with E-state index in [4.69, 9.17) is 0 Å². The SMILES string of the molecule is CC1(C)c2ccccc2-c2c(-c3ccc(N(c4ccccc4)c4ccc5cc(-c6ccccc6)ccc5c4)c4ccccc34)cc3ccccc3c21. The third-order valence-electron chi connectivity index (χ3n) is 11.2. The lowest BCUT2D eigenvalue weighted by Crippen LogP contribution is -2.15. The molecule has 10 rings (SSSR count). The average molecular weight is 664 g/mol. The molecule has 0 spiro atoms. The summed E-state index contributed by atoms with van der Waals surface area (Å²) < 4.78 is 0. The van der Waals surface area contributed by atoms with E-state index >= 15 is 0 Å². The second-order valence-electron chi connectivity index (χ2n) is 14.5. The molecule has 0 bridgehead atoms. The van der Waals surface area contributed by atoms with Crippen LogP contribution in [0.15, 0.2) is 188 Å². The van der Waals surface area contributed by atoms with Gasteiger partial charge in [-0.2, -0.15) is 0 Å². The van der Waals surface area contributed by atoms with Crippen molar-refractivity contribution in [2.45, 2.75) is 19.3 Å². The van der Waals surface area contributed by atoms with Crippen LogP contribution in [-0.4, -0.2) is 0 Å². The summed E-state index contributed by atoms with van der Waals surface area (Å²) in [6, 6.07) is 69.0. The van der Waals surface area contributed by atoms with Crippen LogP contribution in [-0.2, 0) is 5.41 Å². The van der Waals surface area contributed by atoms with Gasteiger partial charge in [-0.1, -0.05) is 159 Å². The van der Waals surface area contributed by atoms with Crippen LogP contribution in [0.25, 0.3) is 65.7 Å². The number of hydrogen-bond donors (Lipinski definition) is 0. The fraction of sp³-hybridized carbons (Fsp3) is 0.0588. The molecule has 9 aromatic carbocycles. The summed E-state index contributed by atoms with van der Waals surface area (Å²) in [5.41, 5.74) is 13.8. The van der Waals surface area contributed by atoms with Gasteiger partial charge in [0, 0.05) is 22.2 Å². The summed E-state index contributed by atoms with van der Waals surface area (Å²) in [4.78, 5) is 2.42. The molecule has 0 aromatic heterocycles. The van der Waals surface area contributed by atoms with Gasteiger partial charge >= 0.3 is 0 Å². The van der Waals surface area contributed by atoms with Crippen molar-refractivity contribution in [2.24, 2.45) is 0 Å². The number of benzene rings is 9. The molecule has 52 heavy (non-hydrogen) atoms. The minimum Gasteiger partial charge on any atom is -0.310 e. The van der Waals surface area contributed by atoms with E-state index in [1.54, 1.807) is 0 Å². The highest BCUT2D eigenvalue weighted by Gasteiger charge is 2.38. The first-order valence-corrected chi connectivity index (χ1v) is 18.2. The smallest absolute Gasteiger partial charge is 0.0540 e. The van der Waals surface area contributed by atoms with Gasteiger partial charge < -0.3 is 4.90 Å². The van der Waals surface area contributed by atoms with Crippen LogP contribution in [0.5, 0.6) is 0 Å². The van der Waals surface area contributed by atoms with Crippen LogP contribution in [0.3, 0.4) is 0 Å². The lowest BCUT2D eigenvalue weighted by atomic mass is 9.79. The number of nitrogens with zero attached hydrogens (tertiary/aromatic N) is 1. The number of anilines is 3. The number of para-hydroxylation sites is 1. The van der Waals surface area contributed by atoms with Crippen molar-refractivity contribution in [2.75, 3.05) is 4.90 Å². The molecule has 0 heterocycles. The van der Waals surface area contributed by atoms with Crippen molar-refractivity contribution in [1.82, 2.24) is 0 Å². The highest BCUT2D eigenvalue weighted by atomic mass is 15.1. The number of hydrogen-bond acceptors (Lipinski definition) is 1. The topological polar surface area (TPSA) is 3.24 Å². The second kappa shape index (κ2) is 11.8. The molecular formula is C51H37N. The first-order chi connectivity index (χ1) is 25.6. The summed E-state index contributed by atoms with van der Waals surface area (Å²) in [6.07, 6.45) is 0. The van der Waals surface area contributed by atoms with Gasteiger partial charge in [0.25, 0.3) is 0 Å². The van der Waals surface area contributed by atoms with E-state index in [1.807, 2.05) is 0 Å². The number of rotatable bonds is 5. The molecule has 0 unspecified atom stereocenters. The third-order valence-corrected chi connectivity index (χ3v) is 11.2. The Labute approximate surface area is 305 Å². The average Bonchev–Trinajstić information content (AvgIpc) is 3.45. The Hall–Kier alpha value is -6.44. The zero-order valence-electron chi connectivity index (χ0n) is 29.3. The van der Waals surface area contributed by atoms with Crippen LogP contribution in [0.4, 0.5) is 17.1 Å². The Bertz CT molecular complexity index is 2810. The highest BCUT2D eigenvalue weighted by Crippen LogP contribution is 2.56.